The number of hydrogen-bond acceptors (Lipinski definition) is 2. The van der Waals surface area contributed by atoms with Crippen molar-refractivity contribution >= 4 is 0 Å². The molecule has 2 atom stereocenters. The zero-order chi connectivity index (χ0) is 11.1. The highest BCUT2D eigenvalue weighted by Gasteiger charge is 2.05. The topological polar surface area (TPSA) is 40.5 Å². The lowest BCUT2D eigenvalue weighted by Crippen LogP contribution is -2.07. The Morgan fingerprint density at radius 3 is 2.50 bits per heavy atom. The van der Waals surface area contributed by atoms with Gasteiger partial charge in [0.25, 0.3) is 0 Å². The lowest BCUT2D eigenvalue weighted by atomic mass is 9.99. The second-order valence-electron chi connectivity index (χ2n) is 3.96. The third-order valence-corrected chi connectivity index (χ3v) is 2.27. The van der Waals surface area contributed by atoms with Crippen LogP contribution in [0.5, 0.6) is 0 Å². The standard InChI is InChI=1S/C12H22O2/c1-5-12(14)11(4)7-9(2)6-10(3)8-13/h7,10,12-14H,2,5-6,8H2,1,3-4H3/b11-7+/t10-,12-/m0/s1. The molecule has 0 saturated carbocycles. The average molecular weight is 198 g/mol. The predicted octanol–water partition coefficient (Wildman–Crippen LogP) is 2.28. The Bertz CT molecular complexity index is 206. The molecule has 0 radical (unpaired) electrons. The molecule has 82 valence electrons. The van der Waals surface area contributed by atoms with Crippen molar-refractivity contribution in [2.75, 3.05) is 6.61 Å². The molecule has 0 aliphatic rings. The molecule has 0 bridgehead atoms. The molecule has 0 aliphatic heterocycles. The molecule has 0 aromatic carbocycles. The van der Waals surface area contributed by atoms with Crippen molar-refractivity contribution in [3.05, 3.63) is 23.8 Å². The zero-order valence-electron chi connectivity index (χ0n) is 9.45. The van der Waals surface area contributed by atoms with E-state index < -0.39 is 0 Å². The molecule has 2 N–H and O–H groups in total. The first-order valence-electron chi connectivity index (χ1n) is 5.16. The van der Waals surface area contributed by atoms with Crippen LogP contribution < -0.4 is 0 Å². The highest BCUT2D eigenvalue weighted by Crippen LogP contribution is 2.14. The molecule has 0 aromatic heterocycles. The minimum Gasteiger partial charge on any atom is -0.396 e. The number of aliphatic hydroxyl groups excluding tert-OH is 2. The van der Waals surface area contributed by atoms with Gasteiger partial charge < -0.3 is 10.2 Å². The fourth-order valence-corrected chi connectivity index (χ4v) is 1.31. The van der Waals surface area contributed by atoms with Crippen LogP contribution in [0.1, 0.15) is 33.6 Å². The summed E-state index contributed by atoms with van der Waals surface area (Å²) in [6.45, 7) is 9.91. The maximum atomic E-state index is 9.51. The molecule has 0 unspecified atom stereocenters. The van der Waals surface area contributed by atoms with Gasteiger partial charge >= 0.3 is 0 Å². The number of hydrogen-bond donors (Lipinski definition) is 2. The van der Waals surface area contributed by atoms with Crippen molar-refractivity contribution in [3.63, 3.8) is 0 Å². The Morgan fingerprint density at radius 2 is 2.07 bits per heavy atom. The quantitative estimate of drug-likeness (QED) is 0.643. The Morgan fingerprint density at radius 1 is 1.50 bits per heavy atom. The molecule has 0 fully saturated rings. The Hall–Kier alpha value is -0.600. The zero-order valence-corrected chi connectivity index (χ0v) is 9.45. The summed E-state index contributed by atoms with van der Waals surface area (Å²) in [6, 6.07) is 0. The highest BCUT2D eigenvalue weighted by atomic mass is 16.3. The molecule has 0 aromatic rings. The van der Waals surface area contributed by atoms with Crippen molar-refractivity contribution in [2.45, 2.75) is 39.7 Å². The van der Waals surface area contributed by atoms with Crippen molar-refractivity contribution < 1.29 is 10.2 Å². The van der Waals surface area contributed by atoms with Gasteiger partial charge in [0, 0.05) is 6.61 Å². The lowest BCUT2D eigenvalue weighted by molar-refractivity contribution is 0.206. The fraction of sp³-hybridized carbons (Fsp3) is 0.667. The average Bonchev–Trinajstić information content (AvgIpc) is 2.15. The second-order valence-corrected chi connectivity index (χ2v) is 3.96. The number of aliphatic hydroxyl groups is 2. The van der Waals surface area contributed by atoms with Crippen LogP contribution in [0.2, 0.25) is 0 Å². The molecule has 0 saturated heterocycles. The summed E-state index contributed by atoms with van der Waals surface area (Å²) in [7, 11) is 0. The molecule has 0 aliphatic carbocycles. The van der Waals surface area contributed by atoms with Crippen LogP contribution in [0.15, 0.2) is 23.8 Å². The molecular weight excluding hydrogens is 176 g/mol. The smallest absolute Gasteiger partial charge is 0.0747 e. The SMILES string of the molecule is C=C(/C=C(\C)[C@@H](O)CC)C[C@H](C)CO. The summed E-state index contributed by atoms with van der Waals surface area (Å²) in [5.41, 5.74) is 1.92. The summed E-state index contributed by atoms with van der Waals surface area (Å²) in [5, 5.41) is 18.4. The van der Waals surface area contributed by atoms with Gasteiger partial charge in [-0.3, -0.25) is 0 Å². The third-order valence-electron chi connectivity index (χ3n) is 2.27. The summed E-state index contributed by atoms with van der Waals surface area (Å²) < 4.78 is 0. The lowest BCUT2D eigenvalue weighted by Gasteiger charge is -2.11. The first kappa shape index (κ1) is 13.4. The van der Waals surface area contributed by atoms with Crippen LogP contribution in [-0.4, -0.2) is 22.9 Å². The summed E-state index contributed by atoms with van der Waals surface area (Å²) in [5.74, 6) is 0.241. The van der Waals surface area contributed by atoms with Crippen LogP contribution >= 0.6 is 0 Å². The number of rotatable bonds is 6. The molecular formula is C12H22O2. The van der Waals surface area contributed by atoms with E-state index in [0.717, 1.165) is 24.0 Å². The van der Waals surface area contributed by atoms with Gasteiger partial charge in [-0.05, 0) is 31.3 Å². The van der Waals surface area contributed by atoms with Crippen LogP contribution in [0.25, 0.3) is 0 Å². The monoisotopic (exact) mass is 198 g/mol. The van der Waals surface area contributed by atoms with Crippen molar-refractivity contribution in [1.29, 1.82) is 0 Å². The van der Waals surface area contributed by atoms with Crippen LogP contribution in [-0.2, 0) is 0 Å². The molecule has 0 amide bonds. The van der Waals surface area contributed by atoms with Crippen LogP contribution in [0.3, 0.4) is 0 Å². The fourth-order valence-electron chi connectivity index (χ4n) is 1.31. The second kappa shape index (κ2) is 6.80. The highest BCUT2D eigenvalue weighted by molar-refractivity contribution is 5.22. The van der Waals surface area contributed by atoms with Gasteiger partial charge in [0.2, 0.25) is 0 Å². The molecule has 0 rings (SSSR count). The van der Waals surface area contributed by atoms with Crippen molar-refractivity contribution in [1.82, 2.24) is 0 Å². The van der Waals surface area contributed by atoms with E-state index in [2.05, 4.69) is 6.58 Å². The van der Waals surface area contributed by atoms with E-state index >= 15 is 0 Å². The van der Waals surface area contributed by atoms with E-state index in [1.54, 1.807) is 0 Å². The minimum absolute atomic E-state index is 0.183. The van der Waals surface area contributed by atoms with E-state index in [1.807, 2.05) is 26.8 Å². The van der Waals surface area contributed by atoms with Gasteiger partial charge in [-0.1, -0.05) is 32.1 Å². The third kappa shape index (κ3) is 5.20. The summed E-state index contributed by atoms with van der Waals surface area (Å²) in [4.78, 5) is 0. The molecule has 0 spiro atoms. The predicted molar refractivity (Wildman–Crippen MR) is 60.1 cm³/mol. The first-order chi connectivity index (χ1) is 6.51. The van der Waals surface area contributed by atoms with Crippen molar-refractivity contribution in [3.8, 4) is 0 Å². The molecule has 0 heterocycles. The van der Waals surface area contributed by atoms with Crippen molar-refractivity contribution in [2.24, 2.45) is 5.92 Å². The van der Waals surface area contributed by atoms with Gasteiger partial charge in [0.05, 0.1) is 6.10 Å². The van der Waals surface area contributed by atoms with Crippen LogP contribution in [0, 0.1) is 5.92 Å². The van der Waals surface area contributed by atoms with Crippen LogP contribution in [0.4, 0.5) is 0 Å². The maximum absolute atomic E-state index is 9.51. The van der Waals surface area contributed by atoms with Gasteiger partial charge in [-0.25, -0.2) is 0 Å². The Labute approximate surface area is 87.0 Å². The normalized spacial score (nSPS) is 16.5. The Kier molecular flexibility index (Phi) is 6.50. The van der Waals surface area contributed by atoms with E-state index in [-0.39, 0.29) is 18.6 Å². The minimum atomic E-state index is -0.365. The van der Waals surface area contributed by atoms with E-state index in [9.17, 15) is 5.11 Å². The number of allylic oxidation sites excluding steroid dienone is 2. The Balaban J connectivity index is 4.15. The first-order valence-corrected chi connectivity index (χ1v) is 5.16. The van der Waals surface area contributed by atoms with Gasteiger partial charge in [0.1, 0.15) is 0 Å². The van der Waals surface area contributed by atoms with Gasteiger partial charge in [-0.15, -0.1) is 0 Å². The molecule has 2 heteroatoms. The van der Waals surface area contributed by atoms with E-state index in [4.69, 9.17) is 5.11 Å². The molecule has 2 nitrogen and oxygen atoms in total. The summed E-state index contributed by atoms with van der Waals surface area (Å²) >= 11 is 0. The van der Waals surface area contributed by atoms with Gasteiger partial charge in [-0.2, -0.15) is 0 Å². The van der Waals surface area contributed by atoms with E-state index in [0.29, 0.717) is 0 Å². The maximum Gasteiger partial charge on any atom is 0.0747 e. The van der Waals surface area contributed by atoms with Gasteiger partial charge in [0.15, 0.2) is 0 Å². The summed E-state index contributed by atoms with van der Waals surface area (Å²) in [6.07, 6.45) is 3.06. The molecule has 14 heavy (non-hydrogen) atoms. The van der Waals surface area contributed by atoms with E-state index in [1.165, 1.54) is 0 Å². The largest absolute Gasteiger partial charge is 0.396 e.